The second-order valence-corrected chi connectivity index (χ2v) is 6.60. The summed E-state index contributed by atoms with van der Waals surface area (Å²) in [5, 5.41) is 3.04. The van der Waals surface area contributed by atoms with Gasteiger partial charge >= 0.3 is 0 Å². The Morgan fingerprint density at radius 3 is 2.39 bits per heavy atom. The molecule has 0 aliphatic heterocycles. The van der Waals surface area contributed by atoms with Gasteiger partial charge in [-0.25, -0.2) is 0 Å². The molecule has 1 aliphatic carbocycles. The fourth-order valence-corrected chi connectivity index (χ4v) is 3.30. The van der Waals surface area contributed by atoms with E-state index in [1.54, 1.807) is 0 Å². The number of benzene rings is 1. The van der Waals surface area contributed by atoms with Crippen molar-refractivity contribution in [1.29, 1.82) is 0 Å². The van der Waals surface area contributed by atoms with Crippen molar-refractivity contribution in [3.63, 3.8) is 0 Å². The number of hydrogen-bond acceptors (Lipinski definition) is 3. The first kappa shape index (κ1) is 17.7. The van der Waals surface area contributed by atoms with Crippen LogP contribution in [0.4, 0.5) is 0 Å². The maximum Gasteiger partial charge on any atom is 0.220 e. The molecule has 0 saturated heterocycles. The van der Waals surface area contributed by atoms with E-state index in [1.165, 1.54) is 19.3 Å². The molecule has 0 bridgehead atoms. The van der Waals surface area contributed by atoms with Crippen molar-refractivity contribution < 1.29 is 9.59 Å². The molecular formula is C19H28N2O2. The zero-order valence-corrected chi connectivity index (χ0v) is 14.0. The third kappa shape index (κ3) is 5.47. The molecule has 23 heavy (non-hydrogen) atoms. The lowest BCUT2D eigenvalue weighted by Crippen LogP contribution is -2.45. The molecule has 3 N–H and O–H groups in total. The highest BCUT2D eigenvalue weighted by atomic mass is 16.2. The summed E-state index contributed by atoms with van der Waals surface area (Å²) in [4.78, 5) is 24.2. The summed E-state index contributed by atoms with van der Waals surface area (Å²) in [5.41, 5.74) is 7.63. The molecular weight excluding hydrogens is 288 g/mol. The fourth-order valence-electron chi connectivity index (χ4n) is 3.30. The number of Topliss-reactive ketones (excluding diaryl/α,β-unsaturated/α-hetero) is 1. The number of nitrogens with two attached hydrogens (primary N) is 1. The molecule has 2 rings (SSSR count). The van der Waals surface area contributed by atoms with Gasteiger partial charge in [-0.1, -0.05) is 49.1 Å². The van der Waals surface area contributed by atoms with Gasteiger partial charge in [-0.2, -0.15) is 0 Å². The number of carbonyl (C=O) groups is 2. The van der Waals surface area contributed by atoms with E-state index >= 15 is 0 Å². The van der Waals surface area contributed by atoms with Gasteiger partial charge < -0.3 is 11.1 Å². The molecule has 1 aliphatic rings. The van der Waals surface area contributed by atoms with E-state index in [2.05, 4.69) is 5.32 Å². The van der Waals surface area contributed by atoms with Gasteiger partial charge in [0.05, 0.1) is 0 Å². The van der Waals surface area contributed by atoms with Crippen LogP contribution in [0.2, 0.25) is 0 Å². The minimum Gasteiger partial charge on any atom is -0.352 e. The van der Waals surface area contributed by atoms with Crippen LogP contribution in [-0.2, 0) is 4.79 Å². The molecule has 1 atom stereocenters. The maximum atomic E-state index is 12.1. The number of ketones is 1. The number of aryl methyl sites for hydroxylation is 1. The Morgan fingerprint density at radius 1 is 1.13 bits per heavy atom. The average molecular weight is 316 g/mol. The van der Waals surface area contributed by atoms with Crippen molar-refractivity contribution in [2.24, 2.45) is 11.7 Å². The molecule has 4 nitrogen and oxygen atoms in total. The molecule has 1 amide bonds. The highest BCUT2D eigenvalue weighted by molar-refractivity contribution is 5.97. The molecule has 1 unspecified atom stereocenters. The van der Waals surface area contributed by atoms with Crippen molar-refractivity contribution in [3.05, 3.63) is 35.4 Å². The van der Waals surface area contributed by atoms with E-state index in [1.807, 2.05) is 31.2 Å². The standard InChI is InChI=1S/C19H28N2O2/c1-14-7-9-16(10-8-14)18(22)11-12-19(23)21-17(13-20)15-5-3-2-4-6-15/h7-10,15,17H,2-6,11-13,20H2,1H3,(H,21,23). The quantitative estimate of drug-likeness (QED) is 0.760. The highest BCUT2D eigenvalue weighted by Crippen LogP contribution is 2.26. The Labute approximate surface area is 138 Å². The lowest BCUT2D eigenvalue weighted by atomic mass is 9.84. The summed E-state index contributed by atoms with van der Waals surface area (Å²) in [6.07, 6.45) is 6.50. The first-order valence-electron chi connectivity index (χ1n) is 8.69. The smallest absolute Gasteiger partial charge is 0.220 e. The third-order valence-electron chi connectivity index (χ3n) is 4.77. The van der Waals surface area contributed by atoms with Gasteiger partial charge in [0.2, 0.25) is 5.91 Å². The van der Waals surface area contributed by atoms with Gasteiger partial charge in [-0.15, -0.1) is 0 Å². The second kappa shape index (κ2) is 8.82. The molecule has 126 valence electrons. The topological polar surface area (TPSA) is 72.2 Å². The predicted molar refractivity (Wildman–Crippen MR) is 92.3 cm³/mol. The molecule has 1 aromatic rings. The van der Waals surface area contributed by atoms with Gasteiger partial charge in [-0.3, -0.25) is 9.59 Å². The minimum atomic E-state index is -0.0634. The van der Waals surface area contributed by atoms with Gasteiger partial charge in [0.1, 0.15) is 0 Å². The SMILES string of the molecule is Cc1ccc(C(=O)CCC(=O)NC(CN)C2CCCCC2)cc1. The summed E-state index contributed by atoms with van der Waals surface area (Å²) in [6, 6.07) is 7.53. The zero-order chi connectivity index (χ0) is 16.7. The van der Waals surface area contributed by atoms with Crippen molar-refractivity contribution in [3.8, 4) is 0 Å². The summed E-state index contributed by atoms with van der Waals surface area (Å²) >= 11 is 0. The van der Waals surface area contributed by atoms with Crippen molar-refractivity contribution in [1.82, 2.24) is 5.32 Å². The van der Waals surface area contributed by atoms with Crippen LogP contribution in [-0.4, -0.2) is 24.3 Å². The Balaban J connectivity index is 1.79. The van der Waals surface area contributed by atoms with Gasteiger partial charge in [0.15, 0.2) is 5.78 Å². The molecule has 0 aromatic heterocycles. The van der Waals surface area contributed by atoms with Crippen LogP contribution in [0.15, 0.2) is 24.3 Å². The first-order valence-corrected chi connectivity index (χ1v) is 8.69. The van der Waals surface area contributed by atoms with E-state index in [0.29, 0.717) is 18.0 Å². The summed E-state index contributed by atoms with van der Waals surface area (Å²) in [5.74, 6) is 0.444. The van der Waals surface area contributed by atoms with Crippen molar-refractivity contribution >= 4 is 11.7 Å². The summed E-state index contributed by atoms with van der Waals surface area (Å²) in [7, 11) is 0. The van der Waals surface area contributed by atoms with Gasteiger partial charge in [0.25, 0.3) is 0 Å². The summed E-state index contributed by atoms with van der Waals surface area (Å²) < 4.78 is 0. The largest absolute Gasteiger partial charge is 0.352 e. The molecule has 0 radical (unpaired) electrons. The number of carbonyl (C=O) groups excluding carboxylic acids is 2. The molecule has 1 aromatic carbocycles. The number of rotatable bonds is 7. The van der Waals surface area contributed by atoms with Crippen molar-refractivity contribution in [2.45, 2.75) is 57.9 Å². The maximum absolute atomic E-state index is 12.1. The van der Waals surface area contributed by atoms with Crippen LogP contribution in [0.1, 0.15) is 60.9 Å². The monoisotopic (exact) mass is 316 g/mol. The average Bonchev–Trinajstić information content (AvgIpc) is 2.59. The van der Waals surface area contributed by atoms with Crippen LogP contribution < -0.4 is 11.1 Å². The van der Waals surface area contributed by atoms with E-state index in [0.717, 1.165) is 18.4 Å². The Hall–Kier alpha value is -1.68. The molecule has 0 heterocycles. The van der Waals surface area contributed by atoms with Crippen LogP contribution in [0.3, 0.4) is 0 Å². The van der Waals surface area contributed by atoms with Crippen LogP contribution >= 0.6 is 0 Å². The number of hydrogen-bond donors (Lipinski definition) is 2. The lowest BCUT2D eigenvalue weighted by molar-refractivity contribution is -0.122. The lowest BCUT2D eigenvalue weighted by Gasteiger charge is -2.30. The van der Waals surface area contributed by atoms with Gasteiger partial charge in [-0.05, 0) is 25.7 Å². The van der Waals surface area contributed by atoms with Crippen molar-refractivity contribution in [2.75, 3.05) is 6.54 Å². The third-order valence-corrected chi connectivity index (χ3v) is 4.77. The zero-order valence-electron chi connectivity index (χ0n) is 14.0. The predicted octanol–water partition coefficient (Wildman–Crippen LogP) is 2.98. The minimum absolute atomic E-state index is 0.0158. The van der Waals surface area contributed by atoms with E-state index < -0.39 is 0 Å². The van der Waals surface area contributed by atoms with E-state index in [9.17, 15) is 9.59 Å². The van der Waals surface area contributed by atoms with E-state index in [4.69, 9.17) is 5.73 Å². The Kier molecular flexibility index (Phi) is 6.78. The first-order chi connectivity index (χ1) is 11.1. The number of amides is 1. The Bertz CT molecular complexity index is 519. The normalized spacial score (nSPS) is 16.8. The fraction of sp³-hybridized carbons (Fsp3) is 0.579. The molecule has 1 fully saturated rings. The molecule has 0 spiro atoms. The van der Waals surface area contributed by atoms with Crippen LogP contribution in [0.5, 0.6) is 0 Å². The number of nitrogens with one attached hydrogen (secondary N) is 1. The highest BCUT2D eigenvalue weighted by Gasteiger charge is 2.24. The van der Waals surface area contributed by atoms with E-state index in [-0.39, 0.29) is 30.6 Å². The molecule has 1 saturated carbocycles. The van der Waals surface area contributed by atoms with Gasteiger partial charge in [0, 0.05) is 31.0 Å². The second-order valence-electron chi connectivity index (χ2n) is 6.60. The van der Waals surface area contributed by atoms with Crippen LogP contribution in [0.25, 0.3) is 0 Å². The molecule has 4 heteroatoms. The van der Waals surface area contributed by atoms with Crippen LogP contribution in [0, 0.1) is 12.8 Å². The Morgan fingerprint density at radius 2 is 1.78 bits per heavy atom. The summed E-state index contributed by atoms with van der Waals surface area (Å²) in [6.45, 7) is 2.46.